The van der Waals surface area contributed by atoms with Crippen molar-refractivity contribution in [3.63, 3.8) is 0 Å². The summed E-state index contributed by atoms with van der Waals surface area (Å²) in [5, 5.41) is 0. The number of nitrogens with one attached hydrogen (secondary N) is 1. The Kier molecular flexibility index (Phi) is 5.90. The van der Waals surface area contributed by atoms with Crippen LogP contribution < -0.4 is 10.3 Å². The maximum absolute atomic E-state index is 13.7. The Bertz CT molecular complexity index is 1100. The topological polar surface area (TPSA) is 71.1 Å². The number of benzene rings is 1. The fourth-order valence-corrected chi connectivity index (χ4v) is 3.84. The Labute approximate surface area is 174 Å². The van der Waals surface area contributed by atoms with Crippen molar-refractivity contribution in [3.8, 4) is 17.0 Å². The molecule has 1 aliphatic heterocycles. The molecule has 30 heavy (non-hydrogen) atoms. The van der Waals surface area contributed by atoms with E-state index in [-0.39, 0.29) is 11.4 Å². The summed E-state index contributed by atoms with van der Waals surface area (Å²) in [6.45, 7) is 4.17. The minimum absolute atomic E-state index is 0.0279. The van der Waals surface area contributed by atoms with Crippen LogP contribution in [0.15, 0.2) is 41.3 Å². The van der Waals surface area contributed by atoms with Gasteiger partial charge in [-0.2, -0.15) is 0 Å². The molecule has 6 nitrogen and oxygen atoms in total. The quantitative estimate of drug-likeness (QED) is 0.676. The molecule has 0 amide bonds. The molecule has 7 heteroatoms. The average molecular weight is 408 g/mol. The van der Waals surface area contributed by atoms with E-state index >= 15 is 0 Å². The van der Waals surface area contributed by atoms with Crippen LogP contribution in [0.2, 0.25) is 0 Å². The minimum atomic E-state index is -0.329. The van der Waals surface area contributed by atoms with E-state index in [0.29, 0.717) is 30.1 Å². The van der Waals surface area contributed by atoms with E-state index < -0.39 is 0 Å². The van der Waals surface area contributed by atoms with Gasteiger partial charge in [0.15, 0.2) is 0 Å². The summed E-state index contributed by atoms with van der Waals surface area (Å²) in [5.74, 6) is 1.03. The van der Waals surface area contributed by atoms with Gasteiger partial charge in [0.1, 0.15) is 17.4 Å². The average Bonchev–Trinajstić information content (AvgIpc) is 2.75. The van der Waals surface area contributed by atoms with Crippen LogP contribution in [0.4, 0.5) is 4.39 Å². The molecular weight excluding hydrogens is 383 g/mol. The molecule has 3 heterocycles. The molecule has 0 bridgehead atoms. The highest BCUT2D eigenvalue weighted by Gasteiger charge is 2.21. The predicted molar refractivity (Wildman–Crippen MR) is 113 cm³/mol. The number of aryl methyl sites for hydroxylation is 1. The first kappa shape index (κ1) is 20.2. The zero-order valence-electron chi connectivity index (χ0n) is 17.2. The number of methoxy groups -OCH3 is 1. The van der Waals surface area contributed by atoms with Crippen molar-refractivity contribution in [2.45, 2.75) is 39.3 Å². The first-order valence-corrected chi connectivity index (χ1v) is 10.2. The van der Waals surface area contributed by atoms with Gasteiger partial charge in [-0.15, -0.1) is 0 Å². The molecule has 3 aromatic rings. The van der Waals surface area contributed by atoms with Gasteiger partial charge in [0.05, 0.1) is 24.1 Å². The van der Waals surface area contributed by atoms with Gasteiger partial charge in [-0.3, -0.25) is 14.7 Å². The zero-order valence-corrected chi connectivity index (χ0v) is 17.2. The fourth-order valence-electron chi connectivity index (χ4n) is 3.84. The van der Waals surface area contributed by atoms with Crippen LogP contribution in [-0.4, -0.2) is 33.5 Å². The number of hydrogen-bond donors (Lipinski definition) is 1. The number of H-pyrrole nitrogens is 1. The predicted octanol–water partition coefficient (Wildman–Crippen LogP) is 3.49. The molecule has 1 N–H and O–H groups in total. The summed E-state index contributed by atoms with van der Waals surface area (Å²) in [4.78, 5) is 26.7. The summed E-state index contributed by atoms with van der Waals surface area (Å²) >= 11 is 0. The lowest BCUT2D eigenvalue weighted by atomic mass is 10.1. The minimum Gasteiger partial charge on any atom is -0.496 e. The van der Waals surface area contributed by atoms with Crippen LogP contribution in [0.3, 0.4) is 0 Å². The zero-order chi connectivity index (χ0) is 21.1. The molecule has 0 spiro atoms. The third-order valence-corrected chi connectivity index (χ3v) is 5.35. The monoisotopic (exact) mass is 408 g/mol. The third kappa shape index (κ3) is 4.26. The number of aromatic amines is 1. The summed E-state index contributed by atoms with van der Waals surface area (Å²) in [6, 6.07) is 8.25. The van der Waals surface area contributed by atoms with Crippen LogP contribution in [0.1, 0.15) is 36.0 Å². The molecule has 0 radical (unpaired) electrons. The van der Waals surface area contributed by atoms with Crippen LogP contribution in [0.25, 0.3) is 11.3 Å². The number of pyridine rings is 1. The Balaban J connectivity index is 1.49. The van der Waals surface area contributed by atoms with Gasteiger partial charge in [0, 0.05) is 44.2 Å². The smallest absolute Gasteiger partial charge is 0.255 e. The highest BCUT2D eigenvalue weighted by molar-refractivity contribution is 5.67. The lowest BCUT2D eigenvalue weighted by Gasteiger charge is -2.27. The van der Waals surface area contributed by atoms with E-state index in [1.807, 2.05) is 12.1 Å². The molecule has 2 aromatic heterocycles. The van der Waals surface area contributed by atoms with E-state index in [0.717, 1.165) is 48.5 Å². The standard InChI is InChI=1S/C23H25FN4O2/c1-3-4-22-26-20-9-10-28(14-18(20)23(29)27-22)13-15-5-7-19(25-12-15)17-11-16(24)6-8-21(17)30-2/h5-8,11-12H,3-4,9-10,13-14H2,1-2H3,(H,26,27,29). The third-order valence-electron chi connectivity index (χ3n) is 5.35. The van der Waals surface area contributed by atoms with Crippen LogP contribution in [0, 0.1) is 5.82 Å². The molecule has 0 fully saturated rings. The lowest BCUT2D eigenvalue weighted by Crippen LogP contribution is -2.35. The van der Waals surface area contributed by atoms with Gasteiger partial charge in [0.25, 0.3) is 5.56 Å². The summed E-state index contributed by atoms with van der Waals surface area (Å²) in [7, 11) is 1.56. The largest absolute Gasteiger partial charge is 0.496 e. The molecule has 0 saturated heterocycles. The van der Waals surface area contributed by atoms with Crippen molar-refractivity contribution in [1.29, 1.82) is 0 Å². The van der Waals surface area contributed by atoms with Crippen molar-refractivity contribution in [3.05, 3.63) is 75.3 Å². The Hall–Kier alpha value is -3.06. The van der Waals surface area contributed by atoms with Crippen LogP contribution in [-0.2, 0) is 25.9 Å². The van der Waals surface area contributed by atoms with Gasteiger partial charge in [0.2, 0.25) is 0 Å². The van der Waals surface area contributed by atoms with E-state index in [1.165, 1.54) is 12.1 Å². The van der Waals surface area contributed by atoms with Crippen molar-refractivity contribution >= 4 is 0 Å². The van der Waals surface area contributed by atoms with Crippen molar-refractivity contribution in [2.24, 2.45) is 0 Å². The molecule has 0 saturated carbocycles. The number of rotatable bonds is 6. The highest BCUT2D eigenvalue weighted by Crippen LogP contribution is 2.29. The van der Waals surface area contributed by atoms with Crippen LogP contribution in [0.5, 0.6) is 5.75 Å². The molecule has 0 atom stereocenters. The highest BCUT2D eigenvalue weighted by atomic mass is 19.1. The number of halogens is 1. The Morgan fingerprint density at radius 1 is 1.27 bits per heavy atom. The summed E-state index contributed by atoms with van der Waals surface area (Å²) in [6.07, 6.45) is 4.31. The van der Waals surface area contributed by atoms with E-state index in [9.17, 15) is 9.18 Å². The number of ether oxygens (including phenoxy) is 1. The Morgan fingerprint density at radius 3 is 2.87 bits per heavy atom. The Morgan fingerprint density at radius 2 is 2.13 bits per heavy atom. The molecule has 1 aromatic carbocycles. The summed E-state index contributed by atoms with van der Waals surface area (Å²) in [5.41, 5.74) is 3.96. The van der Waals surface area contributed by atoms with E-state index in [2.05, 4.69) is 26.8 Å². The second kappa shape index (κ2) is 8.75. The maximum atomic E-state index is 13.7. The van der Waals surface area contributed by atoms with E-state index in [4.69, 9.17) is 4.74 Å². The van der Waals surface area contributed by atoms with Crippen molar-refractivity contribution < 1.29 is 9.13 Å². The second-order valence-electron chi connectivity index (χ2n) is 7.54. The fraction of sp³-hybridized carbons (Fsp3) is 0.348. The number of fused-ring (bicyclic) bond motifs is 1. The van der Waals surface area contributed by atoms with Gasteiger partial charge < -0.3 is 9.72 Å². The molecule has 156 valence electrons. The van der Waals surface area contributed by atoms with Crippen LogP contribution >= 0.6 is 0 Å². The van der Waals surface area contributed by atoms with E-state index in [1.54, 1.807) is 19.4 Å². The number of aromatic nitrogens is 3. The van der Waals surface area contributed by atoms with Gasteiger partial charge in [-0.1, -0.05) is 13.0 Å². The van der Waals surface area contributed by atoms with Crippen molar-refractivity contribution in [2.75, 3.05) is 13.7 Å². The first-order valence-electron chi connectivity index (χ1n) is 10.2. The molecule has 1 aliphatic rings. The van der Waals surface area contributed by atoms with Gasteiger partial charge in [-0.05, 0) is 36.2 Å². The molecular formula is C23H25FN4O2. The molecule has 0 unspecified atom stereocenters. The first-order chi connectivity index (χ1) is 14.6. The maximum Gasteiger partial charge on any atom is 0.255 e. The normalized spacial score (nSPS) is 13.8. The van der Waals surface area contributed by atoms with Gasteiger partial charge in [-0.25, -0.2) is 9.37 Å². The number of nitrogens with zero attached hydrogens (tertiary/aromatic N) is 3. The summed E-state index contributed by atoms with van der Waals surface area (Å²) < 4.78 is 19.0. The SMILES string of the molecule is CCCc1nc2c(c(=O)[nH]1)CN(Cc1ccc(-c3cc(F)ccc3OC)nc1)CC2. The second-order valence-corrected chi connectivity index (χ2v) is 7.54. The lowest BCUT2D eigenvalue weighted by molar-refractivity contribution is 0.241. The number of hydrogen-bond acceptors (Lipinski definition) is 5. The van der Waals surface area contributed by atoms with Gasteiger partial charge >= 0.3 is 0 Å². The molecule has 0 aliphatic carbocycles. The molecule has 4 rings (SSSR count). The van der Waals surface area contributed by atoms with Crippen molar-refractivity contribution in [1.82, 2.24) is 19.9 Å².